The van der Waals surface area contributed by atoms with Gasteiger partial charge < -0.3 is 15.0 Å². The van der Waals surface area contributed by atoms with E-state index in [1.165, 1.54) is 19.2 Å². The number of fused-ring (bicyclic) bond motifs is 1. The summed E-state index contributed by atoms with van der Waals surface area (Å²) in [6, 6.07) is 20.5. The number of H-pyrrole nitrogens is 1. The van der Waals surface area contributed by atoms with Crippen molar-refractivity contribution in [2.24, 2.45) is 0 Å². The third kappa shape index (κ3) is 4.03. The van der Waals surface area contributed by atoms with Crippen LogP contribution >= 0.6 is 15.9 Å². The van der Waals surface area contributed by atoms with E-state index in [9.17, 15) is 9.18 Å². The molecule has 3 aromatic carbocycles. The average Bonchev–Trinajstić information content (AvgIpc) is 3.15. The number of aromatic amines is 1. The van der Waals surface area contributed by atoms with Crippen LogP contribution in [0.25, 0.3) is 10.9 Å². The molecular formula is C23H18BrFN2O2. The number of methoxy groups -OCH3 is 1. The molecule has 0 aliphatic rings. The number of hydrogen-bond donors (Lipinski definition) is 2. The first-order valence-corrected chi connectivity index (χ1v) is 9.82. The van der Waals surface area contributed by atoms with Crippen molar-refractivity contribution in [3.63, 3.8) is 0 Å². The Balaban J connectivity index is 1.81. The molecule has 1 amide bonds. The maximum atomic E-state index is 14.1. The number of carbonyl (C=O) groups excluding carboxylic acids is 1. The molecule has 0 aliphatic carbocycles. The van der Waals surface area contributed by atoms with Gasteiger partial charge in [0.15, 0.2) is 0 Å². The van der Waals surface area contributed by atoms with Gasteiger partial charge in [0.25, 0.3) is 5.91 Å². The molecule has 4 aromatic rings. The van der Waals surface area contributed by atoms with Crippen LogP contribution in [-0.2, 0) is 0 Å². The van der Waals surface area contributed by atoms with Gasteiger partial charge in [0.2, 0.25) is 0 Å². The van der Waals surface area contributed by atoms with E-state index in [1.54, 1.807) is 24.3 Å². The minimum absolute atomic E-state index is 0.277. The lowest BCUT2D eigenvalue weighted by Gasteiger charge is -2.21. The zero-order chi connectivity index (χ0) is 20.4. The molecule has 146 valence electrons. The fraction of sp³-hybridized carbons (Fsp3) is 0.0870. The molecule has 0 saturated carbocycles. The van der Waals surface area contributed by atoms with Gasteiger partial charge in [-0.15, -0.1) is 0 Å². The summed E-state index contributed by atoms with van der Waals surface area (Å²) in [5.41, 5.74) is 2.69. The first-order valence-electron chi connectivity index (χ1n) is 9.02. The Morgan fingerprint density at radius 2 is 1.90 bits per heavy atom. The highest BCUT2D eigenvalue weighted by atomic mass is 79.9. The first-order chi connectivity index (χ1) is 14.0. The summed E-state index contributed by atoms with van der Waals surface area (Å²) < 4.78 is 20.3. The Bertz CT molecular complexity index is 1160. The number of ether oxygens (including phenoxy) is 1. The smallest absolute Gasteiger partial charge is 0.252 e. The molecule has 0 bridgehead atoms. The van der Waals surface area contributed by atoms with Crippen molar-refractivity contribution < 1.29 is 13.9 Å². The fourth-order valence-corrected chi connectivity index (χ4v) is 3.75. The molecule has 1 heterocycles. The van der Waals surface area contributed by atoms with Crippen LogP contribution in [0.3, 0.4) is 0 Å². The lowest BCUT2D eigenvalue weighted by atomic mass is 10.0. The molecule has 29 heavy (non-hydrogen) atoms. The fourth-order valence-electron chi connectivity index (χ4n) is 3.35. The van der Waals surface area contributed by atoms with Gasteiger partial charge in [0, 0.05) is 26.8 Å². The Hall–Kier alpha value is -3.12. The van der Waals surface area contributed by atoms with Crippen molar-refractivity contribution in [3.8, 4) is 5.75 Å². The zero-order valence-electron chi connectivity index (χ0n) is 15.6. The third-order valence-corrected chi connectivity index (χ3v) is 5.22. The Morgan fingerprint density at radius 3 is 2.66 bits per heavy atom. The molecule has 1 unspecified atom stereocenters. The number of aromatic nitrogens is 1. The minimum atomic E-state index is -0.625. The van der Waals surface area contributed by atoms with Crippen LogP contribution in [0.5, 0.6) is 5.75 Å². The van der Waals surface area contributed by atoms with Crippen molar-refractivity contribution in [1.82, 2.24) is 10.3 Å². The van der Waals surface area contributed by atoms with Crippen molar-refractivity contribution >= 4 is 32.7 Å². The number of benzene rings is 3. The number of hydrogen-bond acceptors (Lipinski definition) is 2. The molecule has 6 heteroatoms. The zero-order valence-corrected chi connectivity index (χ0v) is 17.2. The van der Waals surface area contributed by atoms with Crippen LogP contribution in [0.15, 0.2) is 77.3 Å². The summed E-state index contributed by atoms with van der Waals surface area (Å²) in [6.07, 6.45) is 0. The Labute approximate surface area is 175 Å². The number of para-hydroxylation sites is 1. The minimum Gasteiger partial charge on any atom is -0.496 e. The predicted molar refractivity (Wildman–Crippen MR) is 115 cm³/mol. The maximum Gasteiger partial charge on any atom is 0.252 e. The lowest BCUT2D eigenvalue weighted by Crippen LogP contribution is -2.30. The van der Waals surface area contributed by atoms with E-state index >= 15 is 0 Å². The second-order valence-corrected chi connectivity index (χ2v) is 7.53. The predicted octanol–water partition coefficient (Wildman–Crippen LogP) is 5.60. The highest BCUT2D eigenvalue weighted by Crippen LogP contribution is 2.32. The topological polar surface area (TPSA) is 54.1 Å². The van der Waals surface area contributed by atoms with Crippen LogP contribution in [0.4, 0.5) is 4.39 Å². The van der Waals surface area contributed by atoms with E-state index in [1.807, 2.05) is 36.4 Å². The van der Waals surface area contributed by atoms with Gasteiger partial charge in [-0.3, -0.25) is 4.79 Å². The van der Waals surface area contributed by atoms with Gasteiger partial charge in [0.05, 0.1) is 13.2 Å². The molecule has 1 atom stereocenters. The largest absolute Gasteiger partial charge is 0.496 e. The van der Waals surface area contributed by atoms with Crippen LogP contribution in [0.2, 0.25) is 0 Å². The van der Waals surface area contributed by atoms with E-state index in [0.29, 0.717) is 16.9 Å². The number of nitrogens with one attached hydrogen (secondary N) is 2. The summed E-state index contributed by atoms with van der Waals surface area (Å²) >= 11 is 3.39. The van der Waals surface area contributed by atoms with Crippen molar-refractivity contribution in [2.45, 2.75) is 6.04 Å². The number of rotatable bonds is 5. The van der Waals surface area contributed by atoms with Gasteiger partial charge in [-0.1, -0.05) is 40.2 Å². The Morgan fingerprint density at radius 1 is 1.07 bits per heavy atom. The standard InChI is InChI=1S/C23H18BrFN2O2/c1-29-21-10-9-17(25)13-18(21)22(20-12-14-5-2-3-8-19(14)26-20)27-23(28)15-6-4-7-16(24)11-15/h2-13,22,26H,1H3,(H,27,28). The molecule has 1 aromatic heterocycles. The highest BCUT2D eigenvalue weighted by molar-refractivity contribution is 9.10. The summed E-state index contributed by atoms with van der Waals surface area (Å²) in [5, 5.41) is 4.02. The number of amides is 1. The van der Waals surface area contributed by atoms with Crippen molar-refractivity contribution in [1.29, 1.82) is 0 Å². The molecule has 2 N–H and O–H groups in total. The van der Waals surface area contributed by atoms with E-state index in [2.05, 4.69) is 26.2 Å². The summed E-state index contributed by atoms with van der Waals surface area (Å²) in [6.45, 7) is 0. The lowest BCUT2D eigenvalue weighted by molar-refractivity contribution is 0.0942. The SMILES string of the molecule is COc1ccc(F)cc1C(NC(=O)c1cccc(Br)c1)c1cc2ccccc2[nH]1. The Kier molecular flexibility index (Phi) is 5.36. The maximum absolute atomic E-state index is 14.1. The van der Waals surface area contributed by atoms with E-state index in [-0.39, 0.29) is 5.91 Å². The number of carbonyl (C=O) groups is 1. The second kappa shape index (κ2) is 8.09. The van der Waals surface area contributed by atoms with Crippen molar-refractivity contribution in [3.05, 3.63) is 99.9 Å². The van der Waals surface area contributed by atoms with E-state index in [0.717, 1.165) is 21.1 Å². The molecule has 4 nitrogen and oxygen atoms in total. The van der Waals surface area contributed by atoms with Gasteiger partial charge in [0.1, 0.15) is 11.6 Å². The molecule has 0 spiro atoms. The van der Waals surface area contributed by atoms with Crippen LogP contribution in [-0.4, -0.2) is 18.0 Å². The molecule has 0 fully saturated rings. The number of halogens is 2. The quantitative estimate of drug-likeness (QED) is 0.414. The van der Waals surface area contributed by atoms with Crippen LogP contribution < -0.4 is 10.1 Å². The normalized spacial score (nSPS) is 12.0. The van der Waals surface area contributed by atoms with E-state index < -0.39 is 11.9 Å². The van der Waals surface area contributed by atoms with E-state index in [4.69, 9.17) is 4.74 Å². The average molecular weight is 453 g/mol. The van der Waals surface area contributed by atoms with Gasteiger partial charge in [-0.25, -0.2) is 4.39 Å². The summed E-state index contributed by atoms with van der Waals surface area (Å²) in [5.74, 6) is -0.190. The molecule has 0 saturated heterocycles. The monoisotopic (exact) mass is 452 g/mol. The first kappa shape index (κ1) is 19.2. The third-order valence-electron chi connectivity index (χ3n) is 4.73. The van der Waals surface area contributed by atoms with Crippen LogP contribution in [0, 0.1) is 5.82 Å². The van der Waals surface area contributed by atoms with Crippen LogP contribution in [0.1, 0.15) is 27.7 Å². The molecule has 4 rings (SSSR count). The summed E-state index contributed by atoms with van der Waals surface area (Å²) in [4.78, 5) is 16.3. The molecule has 0 radical (unpaired) electrons. The highest BCUT2D eigenvalue weighted by Gasteiger charge is 2.24. The molecule has 0 aliphatic heterocycles. The van der Waals surface area contributed by atoms with Crippen molar-refractivity contribution in [2.75, 3.05) is 7.11 Å². The second-order valence-electron chi connectivity index (χ2n) is 6.62. The molecular weight excluding hydrogens is 435 g/mol. The summed E-state index contributed by atoms with van der Waals surface area (Å²) in [7, 11) is 1.52. The van der Waals surface area contributed by atoms with Gasteiger partial charge in [-0.05, 0) is 53.9 Å². The van der Waals surface area contributed by atoms with Gasteiger partial charge >= 0.3 is 0 Å². The van der Waals surface area contributed by atoms with Gasteiger partial charge in [-0.2, -0.15) is 0 Å².